The Balaban J connectivity index is 1.81. The van der Waals surface area contributed by atoms with E-state index in [4.69, 9.17) is 4.74 Å². The lowest BCUT2D eigenvalue weighted by Gasteiger charge is -2.06. The highest BCUT2D eigenvalue weighted by Crippen LogP contribution is 2.61. The van der Waals surface area contributed by atoms with E-state index in [1.54, 1.807) is 0 Å². The maximum Gasteiger partial charge on any atom is 0.309 e. The molecule has 0 N–H and O–H groups in total. The van der Waals surface area contributed by atoms with Crippen molar-refractivity contribution in [1.29, 1.82) is 0 Å². The Morgan fingerprint density at radius 3 is 3.07 bits per heavy atom. The Kier molecular flexibility index (Phi) is 1.84. The lowest BCUT2D eigenvalue weighted by molar-refractivity contribution is -0.145. The smallest absolute Gasteiger partial charge is 0.309 e. The van der Waals surface area contributed by atoms with Gasteiger partial charge < -0.3 is 4.74 Å². The number of rotatable bonds is 2. The molecule has 2 nitrogen and oxygen atoms in total. The van der Waals surface area contributed by atoms with Crippen LogP contribution in [0.25, 0.3) is 0 Å². The number of hydrogen-bond donors (Lipinski definition) is 0. The van der Waals surface area contributed by atoms with E-state index in [1.807, 2.05) is 6.92 Å². The summed E-state index contributed by atoms with van der Waals surface area (Å²) >= 11 is 0. The summed E-state index contributed by atoms with van der Waals surface area (Å²) in [7, 11) is 0. The lowest BCUT2D eigenvalue weighted by Crippen LogP contribution is -2.10. The first-order chi connectivity index (χ1) is 7.33. The van der Waals surface area contributed by atoms with Crippen LogP contribution in [0.2, 0.25) is 0 Å². The zero-order chi connectivity index (χ0) is 10.4. The Hall–Kier alpha value is -1.31. The molecule has 2 heteroatoms. The fraction of sp³-hybridized carbons (Fsp3) is 0.462. The summed E-state index contributed by atoms with van der Waals surface area (Å²) in [4.78, 5) is 11.6. The summed E-state index contributed by atoms with van der Waals surface area (Å²) < 4.78 is 5.08. The molecular formula is C13H14O2. The predicted octanol–water partition coefficient (Wildman–Crippen LogP) is 2.14. The van der Waals surface area contributed by atoms with E-state index in [0.717, 1.165) is 6.42 Å². The second-order valence-electron chi connectivity index (χ2n) is 4.37. The molecule has 2 aliphatic carbocycles. The molecule has 0 bridgehead atoms. The van der Waals surface area contributed by atoms with Crippen molar-refractivity contribution < 1.29 is 9.53 Å². The van der Waals surface area contributed by atoms with Crippen molar-refractivity contribution in [1.82, 2.24) is 0 Å². The van der Waals surface area contributed by atoms with Crippen LogP contribution >= 0.6 is 0 Å². The second kappa shape index (κ2) is 3.09. The number of hydrogen-bond acceptors (Lipinski definition) is 2. The summed E-state index contributed by atoms with van der Waals surface area (Å²) in [5.41, 5.74) is 2.80. The minimum atomic E-state index is 0.00185. The molecule has 0 unspecified atom stereocenters. The Bertz CT molecular complexity index is 411. The molecule has 0 radical (unpaired) electrons. The highest BCUT2D eigenvalue weighted by Gasteiger charge is 2.59. The van der Waals surface area contributed by atoms with Crippen LogP contribution in [0.1, 0.15) is 24.0 Å². The van der Waals surface area contributed by atoms with Crippen LogP contribution in [0.4, 0.5) is 0 Å². The van der Waals surface area contributed by atoms with Crippen molar-refractivity contribution in [3.05, 3.63) is 35.4 Å². The van der Waals surface area contributed by atoms with E-state index < -0.39 is 0 Å². The maximum atomic E-state index is 11.6. The van der Waals surface area contributed by atoms with Crippen LogP contribution in [0.5, 0.6) is 0 Å². The van der Waals surface area contributed by atoms with Gasteiger partial charge in [-0.2, -0.15) is 0 Å². The van der Waals surface area contributed by atoms with E-state index in [9.17, 15) is 4.79 Å². The lowest BCUT2D eigenvalue weighted by atomic mass is 10.0. The van der Waals surface area contributed by atoms with E-state index >= 15 is 0 Å². The maximum absolute atomic E-state index is 11.6. The second-order valence-corrected chi connectivity index (χ2v) is 4.37. The molecule has 1 saturated carbocycles. The van der Waals surface area contributed by atoms with Crippen molar-refractivity contribution >= 4 is 5.97 Å². The van der Waals surface area contributed by atoms with E-state index in [0.29, 0.717) is 18.4 Å². The largest absolute Gasteiger partial charge is 0.466 e. The molecule has 78 valence electrons. The molecule has 15 heavy (non-hydrogen) atoms. The van der Waals surface area contributed by atoms with Gasteiger partial charge in [-0.3, -0.25) is 4.79 Å². The third kappa shape index (κ3) is 1.21. The number of carbonyl (C=O) groups is 1. The molecule has 1 aromatic rings. The number of ether oxygens (including phenoxy) is 1. The first kappa shape index (κ1) is 8.96. The standard InChI is InChI=1S/C13H14O2/c1-2-15-13(14)12-10-7-8-5-3-4-6-9(8)11(10)12/h3-6,10-12H,2,7H2,1H3/t10-,11+,12-/m1/s1. The van der Waals surface area contributed by atoms with Gasteiger partial charge in [-0.1, -0.05) is 24.3 Å². The van der Waals surface area contributed by atoms with Gasteiger partial charge in [0.1, 0.15) is 0 Å². The van der Waals surface area contributed by atoms with Crippen molar-refractivity contribution in [3.8, 4) is 0 Å². The van der Waals surface area contributed by atoms with Crippen LogP contribution in [-0.4, -0.2) is 12.6 Å². The summed E-state index contributed by atoms with van der Waals surface area (Å²) in [5, 5.41) is 0. The molecule has 3 rings (SSSR count). The van der Waals surface area contributed by atoms with Gasteiger partial charge in [-0.25, -0.2) is 0 Å². The summed E-state index contributed by atoms with van der Waals surface area (Å²) in [5.74, 6) is 1.14. The van der Waals surface area contributed by atoms with Crippen LogP contribution in [0, 0.1) is 11.8 Å². The molecule has 1 aromatic carbocycles. The molecule has 0 spiro atoms. The Morgan fingerprint density at radius 2 is 2.27 bits per heavy atom. The normalized spacial score (nSPS) is 30.6. The van der Waals surface area contributed by atoms with E-state index in [-0.39, 0.29) is 11.9 Å². The first-order valence-corrected chi connectivity index (χ1v) is 5.57. The fourth-order valence-corrected chi connectivity index (χ4v) is 2.91. The van der Waals surface area contributed by atoms with Gasteiger partial charge in [0.05, 0.1) is 12.5 Å². The summed E-state index contributed by atoms with van der Waals surface area (Å²) in [6.45, 7) is 2.36. The molecule has 1 fully saturated rings. The van der Waals surface area contributed by atoms with Gasteiger partial charge in [0.2, 0.25) is 0 Å². The van der Waals surface area contributed by atoms with Crippen molar-refractivity contribution in [3.63, 3.8) is 0 Å². The molecule has 0 aromatic heterocycles. The van der Waals surface area contributed by atoms with Crippen molar-refractivity contribution in [2.24, 2.45) is 11.8 Å². The number of fused-ring (bicyclic) bond motifs is 3. The zero-order valence-corrected chi connectivity index (χ0v) is 8.77. The molecule has 0 heterocycles. The molecule has 2 aliphatic rings. The third-order valence-electron chi connectivity index (χ3n) is 3.60. The average molecular weight is 202 g/mol. The van der Waals surface area contributed by atoms with Crippen LogP contribution in [-0.2, 0) is 16.0 Å². The molecular weight excluding hydrogens is 188 g/mol. The number of benzene rings is 1. The minimum absolute atomic E-state index is 0.00185. The van der Waals surface area contributed by atoms with Gasteiger partial charge in [-0.15, -0.1) is 0 Å². The first-order valence-electron chi connectivity index (χ1n) is 5.57. The molecule has 0 aliphatic heterocycles. The van der Waals surface area contributed by atoms with Gasteiger partial charge >= 0.3 is 5.97 Å². The number of carbonyl (C=O) groups excluding carboxylic acids is 1. The Morgan fingerprint density at radius 1 is 1.47 bits per heavy atom. The molecule has 0 amide bonds. The van der Waals surface area contributed by atoms with Crippen LogP contribution in [0.3, 0.4) is 0 Å². The highest BCUT2D eigenvalue weighted by atomic mass is 16.5. The van der Waals surface area contributed by atoms with Crippen LogP contribution in [0.15, 0.2) is 24.3 Å². The average Bonchev–Trinajstić information content (AvgIpc) is 2.83. The molecule has 0 saturated heterocycles. The van der Waals surface area contributed by atoms with Crippen molar-refractivity contribution in [2.75, 3.05) is 6.61 Å². The number of esters is 1. The van der Waals surface area contributed by atoms with E-state index in [1.165, 1.54) is 11.1 Å². The predicted molar refractivity (Wildman–Crippen MR) is 56.5 cm³/mol. The minimum Gasteiger partial charge on any atom is -0.466 e. The quantitative estimate of drug-likeness (QED) is 0.687. The summed E-state index contributed by atoms with van der Waals surface area (Å²) in [6, 6.07) is 8.45. The zero-order valence-electron chi connectivity index (χ0n) is 8.77. The summed E-state index contributed by atoms with van der Waals surface area (Å²) in [6.07, 6.45) is 1.06. The van der Waals surface area contributed by atoms with E-state index in [2.05, 4.69) is 24.3 Å². The highest BCUT2D eigenvalue weighted by molar-refractivity contribution is 5.79. The van der Waals surface area contributed by atoms with Crippen molar-refractivity contribution in [2.45, 2.75) is 19.3 Å². The van der Waals surface area contributed by atoms with Gasteiger partial charge in [-0.05, 0) is 30.4 Å². The SMILES string of the molecule is CCOC(=O)[C@@H]1[C@@H]2Cc3ccccc3[C@@H]21. The topological polar surface area (TPSA) is 26.3 Å². The molecule has 3 atom stereocenters. The third-order valence-corrected chi connectivity index (χ3v) is 3.60. The Labute approximate surface area is 89.2 Å². The van der Waals surface area contributed by atoms with Gasteiger partial charge in [0.25, 0.3) is 0 Å². The fourth-order valence-electron chi connectivity index (χ4n) is 2.91. The van der Waals surface area contributed by atoms with Gasteiger partial charge in [0.15, 0.2) is 0 Å². The van der Waals surface area contributed by atoms with Gasteiger partial charge in [0, 0.05) is 5.92 Å². The van der Waals surface area contributed by atoms with Crippen LogP contribution < -0.4 is 0 Å². The monoisotopic (exact) mass is 202 g/mol.